The van der Waals surface area contributed by atoms with Gasteiger partial charge in [0.15, 0.2) is 0 Å². The second kappa shape index (κ2) is 8.39. The van der Waals surface area contributed by atoms with Crippen molar-refractivity contribution in [3.05, 3.63) is 29.8 Å². The molecule has 0 radical (unpaired) electrons. The summed E-state index contributed by atoms with van der Waals surface area (Å²) in [5.74, 6) is 0.893. The van der Waals surface area contributed by atoms with Gasteiger partial charge in [0, 0.05) is 6.61 Å². The van der Waals surface area contributed by atoms with Gasteiger partial charge in [-0.1, -0.05) is 18.6 Å². The number of ether oxygens (including phenoxy) is 2. The molecule has 15 heavy (non-hydrogen) atoms. The minimum absolute atomic E-state index is 0.0306. The molecule has 0 fully saturated rings. The monoisotopic (exact) mass is 282 g/mol. The van der Waals surface area contributed by atoms with Crippen LogP contribution in [0.5, 0.6) is 5.75 Å². The Hall–Kier alpha value is 0.226. The minimum atomic E-state index is 0.0306. The molecule has 0 saturated heterocycles. The lowest BCUT2D eigenvalue weighted by molar-refractivity contribution is 0.121. The fourth-order valence-corrected chi connectivity index (χ4v) is 2.79. The standard InChI is InChI=1S/C11H15O2.BrH.Mg/c1-3-8-13-9-10-4-6-11(12-2)7-5-10;;/h4-7H,1,3,8-9H2,2H3;1H;/q;;+1/p-1. The Balaban J connectivity index is 2.20. The van der Waals surface area contributed by atoms with Crippen molar-refractivity contribution in [1.29, 1.82) is 0 Å². The summed E-state index contributed by atoms with van der Waals surface area (Å²) in [6, 6.07) is 8.00. The lowest BCUT2D eigenvalue weighted by Gasteiger charge is -2.04. The van der Waals surface area contributed by atoms with Gasteiger partial charge in [0.1, 0.15) is 5.75 Å². The van der Waals surface area contributed by atoms with Gasteiger partial charge >= 0.3 is 18.2 Å². The zero-order valence-corrected chi connectivity index (χ0v) is 12.0. The summed E-state index contributed by atoms with van der Waals surface area (Å²) in [5.41, 5.74) is 1.20. The summed E-state index contributed by atoms with van der Waals surface area (Å²) in [5, 5.41) is 0. The van der Waals surface area contributed by atoms with E-state index in [-0.39, 0.29) is 18.2 Å². The van der Waals surface area contributed by atoms with Crippen LogP contribution in [0, 0.1) is 0 Å². The molecule has 0 spiro atoms. The highest BCUT2D eigenvalue weighted by molar-refractivity contribution is 9.23. The van der Waals surface area contributed by atoms with Crippen molar-refractivity contribution >= 4 is 31.1 Å². The molecular weight excluding hydrogens is 268 g/mol. The second-order valence-electron chi connectivity index (χ2n) is 3.30. The topological polar surface area (TPSA) is 18.5 Å². The molecule has 0 aliphatic rings. The number of hydrogen-bond donors (Lipinski definition) is 0. The SMILES string of the molecule is COc1ccc(COCC[CH2][Mg][Br])cc1. The summed E-state index contributed by atoms with van der Waals surface area (Å²) < 4.78 is 11.9. The van der Waals surface area contributed by atoms with E-state index in [1.165, 1.54) is 16.5 Å². The molecule has 1 rings (SSSR count). The maximum absolute atomic E-state index is 5.56. The van der Waals surface area contributed by atoms with E-state index < -0.39 is 0 Å². The average molecular weight is 283 g/mol. The van der Waals surface area contributed by atoms with E-state index in [1.54, 1.807) is 7.11 Å². The normalized spacial score (nSPS) is 9.73. The molecule has 0 bridgehead atoms. The van der Waals surface area contributed by atoms with Crippen LogP contribution >= 0.6 is 12.9 Å². The Morgan fingerprint density at radius 3 is 2.60 bits per heavy atom. The summed E-state index contributed by atoms with van der Waals surface area (Å²) in [7, 11) is 1.68. The van der Waals surface area contributed by atoms with Gasteiger partial charge in [-0.15, -0.1) is 4.55 Å². The Kier molecular flexibility index (Phi) is 7.43. The fourth-order valence-electron chi connectivity index (χ4n) is 1.21. The maximum Gasteiger partial charge on any atom is 0.468 e. The van der Waals surface area contributed by atoms with Crippen molar-refractivity contribution in [2.45, 2.75) is 17.6 Å². The second-order valence-corrected chi connectivity index (χ2v) is 6.76. The van der Waals surface area contributed by atoms with Gasteiger partial charge in [-0.3, -0.25) is 0 Å². The molecule has 80 valence electrons. The van der Waals surface area contributed by atoms with Crippen LogP contribution in [0.2, 0.25) is 4.55 Å². The first-order valence-electron chi connectivity index (χ1n) is 5.13. The predicted molar refractivity (Wildman–Crippen MR) is 66.8 cm³/mol. The zero-order valence-electron chi connectivity index (χ0n) is 9.04. The first-order chi connectivity index (χ1) is 7.36. The number of halogens is 1. The molecule has 0 heterocycles. The van der Waals surface area contributed by atoms with Crippen LogP contribution in [-0.2, 0) is 11.3 Å². The Morgan fingerprint density at radius 2 is 2.00 bits per heavy atom. The molecule has 0 unspecified atom stereocenters. The van der Waals surface area contributed by atoms with Gasteiger partial charge in [0.25, 0.3) is 0 Å². The van der Waals surface area contributed by atoms with E-state index in [0.29, 0.717) is 6.61 Å². The number of hydrogen-bond acceptors (Lipinski definition) is 2. The lowest BCUT2D eigenvalue weighted by atomic mass is 10.2. The smallest absolute Gasteiger partial charge is 0.468 e. The Bertz CT molecular complexity index is 264. The Labute approximate surface area is 107 Å². The van der Waals surface area contributed by atoms with Gasteiger partial charge in [-0.05, 0) is 17.7 Å². The third kappa shape index (κ3) is 5.75. The molecule has 0 N–H and O–H groups in total. The quantitative estimate of drug-likeness (QED) is 0.566. The first-order valence-corrected chi connectivity index (χ1v) is 10.0. The van der Waals surface area contributed by atoms with Crippen molar-refractivity contribution in [2.75, 3.05) is 13.7 Å². The van der Waals surface area contributed by atoms with Crippen LogP contribution in [0.15, 0.2) is 24.3 Å². The third-order valence-corrected chi connectivity index (χ3v) is 4.55. The lowest BCUT2D eigenvalue weighted by Crippen LogP contribution is -1.96. The summed E-state index contributed by atoms with van der Waals surface area (Å²) in [6.45, 7) is 1.57. The van der Waals surface area contributed by atoms with Crippen LogP contribution < -0.4 is 4.74 Å². The van der Waals surface area contributed by atoms with E-state index in [1.807, 2.05) is 24.3 Å². The van der Waals surface area contributed by atoms with Crippen LogP contribution in [0.25, 0.3) is 0 Å². The minimum Gasteiger partial charge on any atom is -0.497 e. The summed E-state index contributed by atoms with van der Waals surface area (Å²) in [6.07, 6.45) is 1.17. The third-order valence-electron chi connectivity index (χ3n) is 2.10. The summed E-state index contributed by atoms with van der Waals surface area (Å²) >= 11 is 3.56. The van der Waals surface area contributed by atoms with Crippen molar-refractivity contribution in [3.63, 3.8) is 0 Å². The largest absolute Gasteiger partial charge is 0.497 e. The van der Waals surface area contributed by atoms with Gasteiger partial charge in [0.2, 0.25) is 0 Å². The zero-order chi connectivity index (χ0) is 10.9. The van der Waals surface area contributed by atoms with E-state index in [2.05, 4.69) is 12.9 Å². The maximum atomic E-state index is 5.56. The molecule has 1 aromatic rings. The van der Waals surface area contributed by atoms with Gasteiger partial charge in [0.05, 0.1) is 13.7 Å². The molecule has 1 aromatic carbocycles. The van der Waals surface area contributed by atoms with E-state index in [0.717, 1.165) is 12.4 Å². The van der Waals surface area contributed by atoms with Gasteiger partial charge in [-0.25, -0.2) is 0 Å². The average Bonchev–Trinajstić information content (AvgIpc) is 2.30. The van der Waals surface area contributed by atoms with Crippen LogP contribution in [0.3, 0.4) is 0 Å². The molecule has 0 amide bonds. The van der Waals surface area contributed by atoms with E-state index in [4.69, 9.17) is 9.47 Å². The molecule has 0 saturated carbocycles. The molecule has 0 aromatic heterocycles. The highest BCUT2D eigenvalue weighted by Gasteiger charge is 1.95. The highest BCUT2D eigenvalue weighted by atomic mass is 79.9. The number of methoxy groups -OCH3 is 1. The van der Waals surface area contributed by atoms with Crippen molar-refractivity contribution in [2.24, 2.45) is 0 Å². The molecule has 2 nitrogen and oxygen atoms in total. The van der Waals surface area contributed by atoms with Crippen molar-refractivity contribution in [3.8, 4) is 5.75 Å². The molecular formula is C11H15BrMgO2. The first kappa shape index (κ1) is 13.3. The van der Waals surface area contributed by atoms with Crippen molar-refractivity contribution < 1.29 is 9.47 Å². The number of rotatable bonds is 7. The van der Waals surface area contributed by atoms with Crippen LogP contribution in [-0.4, -0.2) is 31.9 Å². The predicted octanol–water partition coefficient (Wildman–Crippen LogP) is 3.03. The molecule has 0 aliphatic heterocycles. The molecule has 0 atom stereocenters. The number of benzene rings is 1. The molecule has 4 heteroatoms. The van der Waals surface area contributed by atoms with Gasteiger partial charge in [-0.2, -0.15) is 0 Å². The van der Waals surface area contributed by atoms with E-state index in [9.17, 15) is 0 Å². The Morgan fingerprint density at radius 1 is 1.27 bits per heavy atom. The van der Waals surface area contributed by atoms with Crippen molar-refractivity contribution in [1.82, 2.24) is 0 Å². The van der Waals surface area contributed by atoms with Crippen LogP contribution in [0.4, 0.5) is 0 Å². The van der Waals surface area contributed by atoms with Crippen LogP contribution in [0.1, 0.15) is 12.0 Å². The van der Waals surface area contributed by atoms with Gasteiger partial charge < -0.3 is 22.4 Å². The highest BCUT2D eigenvalue weighted by Crippen LogP contribution is 2.12. The van der Waals surface area contributed by atoms with E-state index >= 15 is 0 Å². The fraction of sp³-hybridized carbons (Fsp3) is 0.455. The molecule has 0 aliphatic carbocycles. The summed E-state index contributed by atoms with van der Waals surface area (Å²) in [4.78, 5) is 0.